The third-order valence-electron chi connectivity index (χ3n) is 2.78. The van der Waals surface area contributed by atoms with Crippen LogP contribution in [0.3, 0.4) is 0 Å². The molecule has 0 saturated heterocycles. The van der Waals surface area contributed by atoms with Crippen molar-refractivity contribution in [2.45, 2.75) is 9.79 Å². The van der Waals surface area contributed by atoms with Gasteiger partial charge in [-0.3, -0.25) is 9.59 Å². The second kappa shape index (κ2) is 8.82. The highest BCUT2D eigenvalue weighted by Crippen LogP contribution is 2.37. The maximum Gasteiger partial charge on any atom is 0.239 e. The molecule has 7 heteroatoms. The fourth-order valence-corrected chi connectivity index (χ4v) is 2.93. The summed E-state index contributed by atoms with van der Waals surface area (Å²) in [5.41, 5.74) is 1.34. The molecule has 0 aliphatic rings. The molecule has 2 aromatic rings. The largest absolute Gasteiger partial charge is 0.324 e. The molecule has 0 unspecified atom stereocenters. The molecule has 23 heavy (non-hydrogen) atoms. The first-order chi connectivity index (χ1) is 11.1. The standard InChI is InChI=1S/C16H14Cl2N2O2S/c17-9-15(21)19-11-5-1-3-7-13(11)23-14-8-4-2-6-12(14)20-16(22)10-18/h1-8H,9-10H2,(H,19,21)(H,20,22). The van der Waals surface area contributed by atoms with Crippen molar-refractivity contribution in [1.29, 1.82) is 0 Å². The van der Waals surface area contributed by atoms with Crippen LogP contribution < -0.4 is 10.6 Å². The monoisotopic (exact) mass is 368 g/mol. The van der Waals surface area contributed by atoms with Gasteiger partial charge in [0.15, 0.2) is 0 Å². The number of carbonyl (C=O) groups is 2. The molecule has 0 saturated carbocycles. The summed E-state index contributed by atoms with van der Waals surface area (Å²) in [6.45, 7) is 0. The van der Waals surface area contributed by atoms with Gasteiger partial charge in [0.2, 0.25) is 11.8 Å². The Morgan fingerprint density at radius 3 is 1.57 bits per heavy atom. The summed E-state index contributed by atoms with van der Waals surface area (Å²) in [6.07, 6.45) is 0. The number of hydrogen-bond acceptors (Lipinski definition) is 3. The van der Waals surface area contributed by atoms with E-state index in [1.54, 1.807) is 12.1 Å². The van der Waals surface area contributed by atoms with Crippen molar-refractivity contribution in [3.8, 4) is 0 Å². The minimum atomic E-state index is -0.275. The maximum absolute atomic E-state index is 11.5. The van der Waals surface area contributed by atoms with E-state index in [4.69, 9.17) is 23.2 Å². The Labute approximate surface area is 148 Å². The average Bonchev–Trinajstić information content (AvgIpc) is 2.58. The number of para-hydroxylation sites is 2. The number of hydrogen-bond donors (Lipinski definition) is 2. The Morgan fingerprint density at radius 2 is 1.17 bits per heavy atom. The quantitative estimate of drug-likeness (QED) is 0.751. The van der Waals surface area contributed by atoms with Gasteiger partial charge >= 0.3 is 0 Å². The van der Waals surface area contributed by atoms with Crippen LogP contribution in [0.5, 0.6) is 0 Å². The molecule has 120 valence electrons. The predicted octanol–water partition coefficient (Wildman–Crippen LogP) is 4.19. The number of alkyl halides is 2. The molecule has 0 atom stereocenters. The fraction of sp³-hybridized carbons (Fsp3) is 0.125. The molecule has 0 fully saturated rings. The van der Waals surface area contributed by atoms with E-state index in [-0.39, 0.29) is 23.6 Å². The van der Waals surface area contributed by atoms with E-state index < -0.39 is 0 Å². The van der Waals surface area contributed by atoms with Crippen molar-refractivity contribution in [3.05, 3.63) is 48.5 Å². The third-order valence-corrected chi connectivity index (χ3v) is 4.42. The maximum atomic E-state index is 11.5. The highest BCUT2D eigenvalue weighted by atomic mass is 35.5. The first-order valence-electron chi connectivity index (χ1n) is 6.71. The summed E-state index contributed by atoms with van der Waals surface area (Å²) in [7, 11) is 0. The van der Waals surface area contributed by atoms with E-state index in [1.165, 1.54) is 11.8 Å². The predicted molar refractivity (Wildman–Crippen MR) is 95.7 cm³/mol. The van der Waals surface area contributed by atoms with Crippen LogP contribution in [0, 0.1) is 0 Å². The van der Waals surface area contributed by atoms with Crippen LogP contribution in [0.2, 0.25) is 0 Å². The topological polar surface area (TPSA) is 58.2 Å². The van der Waals surface area contributed by atoms with Crippen molar-refractivity contribution in [3.63, 3.8) is 0 Å². The van der Waals surface area contributed by atoms with Crippen LogP contribution in [0.1, 0.15) is 0 Å². The molecule has 2 aromatic carbocycles. The van der Waals surface area contributed by atoms with Crippen molar-refractivity contribution in [2.24, 2.45) is 0 Å². The molecule has 2 N–H and O–H groups in total. The van der Waals surface area contributed by atoms with Crippen molar-refractivity contribution in [2.75, 3.05) is 22.4 Å². The number of anilines is 2. The van der Waals surface area contributed by atoms with E-state index >= 15 is 0 Å². The van der Waals surface area contributed by atoms with Gasteiger partial charge < -0.3 is 10.6 Å². The van der Waals surface area contributed by atoms with Gasteiger partial charge in [-0.15, -0.1) is 23.2 Å². The Hall–Kier alpha value is -1.69. The third kappa shape index (κ3) is 5.16. The first-order valence-corrected chi connectivity index (χ1v) is 8.60. The zero-order chi connectivity index (χ0) is 16.7. The van der Waals surface area contributed by atoms with Crippen LogP contribution in [-0.4, -0.2) is 23.6 Å². The lowest BCUT2D eigenvalue weighted by atomic mass is 10.3. The van der Waals surface area contributed by atoms with Crippen molar-refractivity contribution in [1.82, 2.24) is 0 Å². The number of nitrogens with one attached hydrogen (secondary N) is 2. The van der Waals surface area contributed by atoms with E-state index in [2.05, 4.69) is 10.6 Å². The van der Waals surface area contributed by atoms with Crippen LogP contribution in [0.15, 0.2) is 58.3 Å². The lowest BCUT2D eigenvalue weighted by molar-refractivity contribution is -0.114. The van der Waals surface area contributed by atoms with Gasteiger partial charge in [0.1, 0.15) is 11.8 Å². The zero-order valence-electron chi connectivity index (χ0n) is 12.0. The van der Waals surface area contributed by atoms with Gasteiger partial charge in [-0.1, -0.05) is 36.0 Å². The second-order valence-corrected chi connectivity index (χ2v) is 6.08. The molecular weight excluding hydrogens is 355 g/mol. The molecule has 2 amide bonds. The van der Waals surface area contributed by atoms with E-state index in [9.17, 15) is 9.59 Å². The SMILES string of the molecule is O=C(CCl)Nc1ccccc1Sc1ccccc1NC(=O)CCl. The summed E-state index contributed by atoms with van der Waals surface area (Å²) in [4.78, 5) is 24.7. The molecule has 0 spiro atoms. The normalized spacial score (nSPS) is 10.2. The lowest BCUT2D eigenvalue weighted by Crippen LogP contribution is -2.13. The van der Waals surface area contributed by atoms with Gasteiger partial charge in [-0.25, -0.2) is 0 Å². The van der Waals surface area contributed by atoms with E-state index in [0.29, 0.717) is 11.4 Å². The second-order valence-electron chi connectivity index (χ2n) is 4.46. The van der Waals surface area contributed by atoms with Crippen molar-refractivity contribution >= 4 is 58.2 Å². The molecule has 0 heterocycles. The number of carbonyl (C=O) groups excluding carboxylic acids is 2. The lowest BCUT2D eigenvalue weighted by Gasteiger charge is -2.13. The van der Waals surface area contributed by atoms with Gasteiger partial charge in [0.25, 0.3) is 0 Å². The van der Waals surface area contributed by atoms with Crippen LogP contribution in [-0.2, 0) is 9.59 Å². The molecular formula is C16H14Cl2N2O2S. The minimum Gasteiger partial charge on any atom is -0.324 e. The summed E-state index contributed by atoms with van der Waals surface area (Å²) in [5, 5.41) is 5.50. The molecule has 4 nitrogen and oxygen atoms in total. The van der Waals surface area contributed by atoms with Gasteiger partial charge in [-0.05, 0) is 24.3 Å². The fourth-order valence-electron chi connectivity index (χ4n) is 1.80. The number of halogens is 2. The number of amides is 2. The molecule has 2 rings (SSSR count). The molecule has 0 aromatic heterocycles. The smallest absolute Gasteiger partial charge is 0.239 e. The molecule has 0 bridgehead atoms. The average molecular weight is 369 g/mol. The molecule has 0 aliphatic carbocycles. The van der Waals surface area contributed by atoms with E-state index in [0.717, 1.165) is 9.79 Å². The zero-order valence-corrected chi connectivity index (χ0v) is 14.3. The Bertz CT molecular complexity index is 650. The van der Waals surface area contributed by atoms with Gasteiger partial charge in [0.05, 0.1) is 11.4 Å². The summed E-state index contributed by atoms with van der Waals surface area (Å²) in [6, 6.07) is 14.8. The van der Waals surface area contributed by atoms with Crippen LogP contribution in [0.25, 0.3) is 0 Å². The first kappa shape index (κ1) is 17.7. The summed E-state index contributed by atoms with van der Waals surface area (Å²) >= 11 is 12.5. The Kier molecular flexibility index (Phi) is 6.77. The minimum absolute atomic E-state index is 0.110. The van der Waals surface area contributed by atoms with Crippen LogP contribution >= 0.6 is 35.0 Å². The van der Waals surface area contributed by atoms with E-state index in [1.807, 2.05) is 36.4 Å². The highest BCUT2D eigenvalue weighted by Gasteiger charge is 2.11. The Morgan fingerprint density at radius 1 is 0.783 bits per heavy atom. The van der Waals surface area contributed by atoms with Crippen LogP contribution in [0.4, 0.5) is 11.4 Å². The van der Waals surface area contributed by atoms with Crippen molar-refractivity contribution < 1.29 is 9.59 Å². The van der Waals surface area contributed by atoms with Gasteiger partial charge in [-0.2, -0.15) is 0 Å². The number of benzene rings is 2. The molecule has 0 radical (unpaired) electrons. The summed E-state index contributed by atoms with van der Waals surface area (Å²) in [5.74, 6) is -0.769. The summed E-state index contributed by atoms with van der Waals surface area (Å²) < 4.78 is 0. The van der Waals surface area contributed by atoms with Gasteiger partial charge in [0, 0.05) is 9.79 Å². The highest BCUT2D eigenvalue weighted by molar-refractivity contribution is 7.99. The Balaban J connectivity index is 2.26. The number of rotatable bonds is 6. The molecule has 0 aliphatic heterocycles.